The third kappa shape index (κ3) is 3.77. The van der Waals surface area contributed by atoms with E-state index in [1.807, 2.05) is 55.5 Å². The molecule has 2 heterocycles. The number of aromatic nitrogens is 3. The fraction of sp³-hybridized carbons (Fsp3) is 0.200. The van der Waals surface area contributed by atoms with E-state index < -0.39 is 0 Å². The molecule has 1 aromatic heterocycles. The van der Waals surface area contributed by atoms with Gasteiger partial charge in [0, 0.05) is 18.0 Å². The number of benzene rings is 2. The molecule has 1 atom stereocenters. The predicted molar refractivity (Wildman–Crippen MR) is 109 cm³/mol. The molecule has 2 N–H and O–H groups in total. The first kappa shape index (κ1) is 18.2. The van der Waals surface area contributed by atoms with Crippen molar-refractivity contribution >= 4 is 35.0 Å². The first-order valence-corrected chi connectivity index (χ1v) is 9.92. The average molecular weight is 393 g/mol. The van der Waals surface area contributed by atoms with Crippen molar-refractivity contribution in [2.24, 2.45) is 0 Å². The van der Waals surface area contributed by atoms with Crippen molar-refractivity contribution < 1.29 is 9.59 Å². The van der Waals surface area contributed by atoms with Gasteiger partial charge in [-0.3, -0.25) is 14.7 Å². The summed E-state index contributed by atoms with van der Waals surface area (Å²) in [5.41, 5.74) is 2.30. The Labute approximate surface area is 166 Å². The highest BCUT2D eigenvalue weighted by atomic mass is 32.2. The summed E-state index contributed by atoms with van der Waals surface area (Å²) in [7, 11) is 0. The molecular weight excluding hydrogens is 374 g/mol. The van der Waals surface area contributed by atoms with Gasteiger partial charge in [-0.25, -0.2) is 4.98 Å². The van der Waals surface area contributed by atoms with Crippen molar-refractivity contribution in [3.63, 3.8) is 0 Å². The monoisotopic (exact) mass is 393 g/mol. The highest BCUT2D eigenvalue weighted by Gasteiger charge is 2.29. The minimum atomic E-state index is -0.233. The van der Waals surface area contributed by atoms with E-state index in [0.29, 0.717) is 22.4 Å². The number of fused-ring (bicyclic) bond motifs is 1. The van der Waals surface area contributed by atoms with Crippen molar-refractivity contribution in [1.82, 2.24) is 15.2 Å². The number of thioether (sulfide) groups is 1. The van der Waals surface area contributed by atoms with Gasteiger partial charge < -0.3 is 10.2 Å². The summed E-state index contributed by atoms with van der Waals surface area (Å²) >= 11 is 1.27. The molecule has 7 nitrogen and oxygen atoms in total. The van der Waals surface area contributed by atoms with Gasteiger partial charge in [0.2, 0.25) is 17.0 Å². The van der Waals surface area contributed by atoms with E-state index >= 15 is 0 Å². The van der Waals surface area contributed by atoms with Crippen LogP contribution in [0.4, 0.5) is 11.4 Å². The van der Waals surface area contributed by atoms with Crippen LogP contribution in [0.15, 0.2) is 59.8 Å². The Morgan fingerprint density at radius 1 is 1.18 bits per heavy atom. The van der Waals surface area contributed by atoms with Crippen LogP contribution >= 0.6 is 11.8 Å². The van der Waals surface area contributed by atoms with Crippen LogP contribution in [0.5, 0.6) is 0 Å². The SMILES string of the molecule is C[C@H]1CC(=O)Nc2ccccc2N1C(=O)CSc1n[nH]c(-c2ccccc2)n1. The molecule has 4 rings (SSSR count). The number of anilines is 2. The van der Waals surface area contributed by atoms with Gasteiger partial charge >= 0.3 is 0 Å². The summed E-state index contributed by atoms with van der Waals surface area (Å²) in [6.07, 6.45) is 0.254. The summed E-state index contributed by atoms with van der Waals surface area (Å²) in [6, 6.07) is 16.8. The van der Waals surface area contributed by atoms with Crippen molar-refractivity contribution in [2.45, 2.75) is 24.5 Å². The quantitative estimate of drug-likeness (QED) is 0.664. The van der Waals surface area contributed by atoms with Gasteiger partial charge in [0.1, 0.15) is 0 Å². The van der Waals surface area contributed by atoms with Crippen molar-refractivity contribution in [3.8, 4) is 11.4 Å². The summed E-state index contributed by atoms with van der Waals surface area (Å²) in [4.78, 5) is 31.2. The molecule has 28 heavy (non-hydrogen) atoms. The predicted octanol–water partition coefficient (Wildman–Crippen LogP) is 3.33. The Kier molecular flexibility index (Phi) is 5.12. The van der Waals surface area contributed by atoms with Gasteiger partial charge in [-0.1, -0.05) is 54.2 Å². The molecule has 0 spiro atoms. The lowest BCUT2D eigenvalue weighted by Gasteiger charge is -2.27. The molecule has 8 heteroatoms. The maximum Gasteiger partial charge on any atom is 0.237 e. The molecule has 0 unspecified atom stereocenters. The van der Waals surface area contributed by atoms with E-state index in [1.54, 1.807) is 11.0 Å². The second kappa shape index (κ2) is 7.85. The summed E-state index contributed by atoms with van der Waals surface area (Å²) in [5, 5.41) is 10.5. The summed E-state index contributed by atoms with van der Waals surface area (Å²) < 4.78 is 0. The number of aromatic amines is 1. The van der Waals surface area contributed by atoms with E-state index in [-0.39, 0.29) is 30.0 Å². The van der Waals surface area contributed by atoms with Gasteiger partial charge in [-0.15, -0.1) is 5.10 Å². The molecule has 0 aliphatic carbocycles. The van der Waals surface area contributed by atoms with Gasteiger partial charge in [0.25, 0.3) is 0 Å². The molecule has 1 aliphatic heterocycles. The number of nitrogens with one attached hydrogen (secondary N) is 2. The third-order valence-electron chi connectivity index (χ3n) is 4.46. The van der Waals surface area contributed by atoms with Crippen molar-refractivity contribution in [3.05, 3.63) is 54.6 Å². The molecule has 0 radical (unpaired) electrons. The molecular formula is C20H19N5O2S. The zero-order chi connectivity index (χ0) is 19.5. The molecule has 0 saturated carbocycles. The third-order valence-corrected chi connectivity index (χ3v) is 5.30. The largest absolute Gasteiger partial charge is 0.324 e. The second-order valence-corrected chi connectivity index (χ2v) is 7.45. The van der Waals surface area contributed by atoms with Gasteiger partial charge in [0.05, 0.1) is 17.1 Å². The zero-order valence-electron chi connectivity index (χ0n) is 15.3. The lowest BCUT2D eigenvalue weighted by Crippen LogP contribution is -2.40. The van der Waals surface area contributed by atoms with Crippen LogP contribution in [0.25, 0.3) is 11.4 Å². The summed E-state index contributed by atoms with van der Waals surface area (Å²) in [5.74, 6) is 0.662. The van der Waals surface area contributed by atoms with E-state index in [2.05, 4.69) is 20.5 Å². The Morgan fingerprint density at radius 3 is 2.75 bits per heavy atom. The van der Waals surface area contributed by atoms with E-state index in [4.69, 9.17) is 0 Å². The van der Waals surface area contributed by atoms with Crippen LogP contribution in [0.3, 0.4) is 0 Å². The maximum absolute atomic E-state index is 13.0. The van der Waals surface area contributed by atoms with Crippen LogP contribution in [0.2, 0.25) is 0 Å². The Hall–Kier alpha value is -3.13. The van der Waals surface area contributed by atoms with Crippen LogP contribution in [0, 0.1) is 0 Å². The summed E-state index contributed by atoms with van der Waals surface area (Å²) in [6.45, 7) is 1.88. The van der Waals surface area contributed by atoms with Gasteiger partial charge in [-0.05, 0) is 19.1 Å². The molecule has 1 aliphatic rings. The number of nitrogens with zero attached hydrogens (tertiary/aromatic N) is 3. The highest BCUT2D eigenvalue weighted by molar-refractivity contribution is 7.99. The maximum atomic E-state index is 13.0. The van der Waals surface area contributed by atoms with E-state index in [0.717, 1.165) is 5.56 Å². The smallest absolute Gasteiger partial charge is 0.237 e. The molecule has 0 fully saturated rings. The number of amides is 2. The Morgan fingerprint density at radius 2 is 1.93 bits per heavy atom. The molecule has 2 amide bonds. The normalized spacial score (nSPS) is 16.2. The first-order valence-electron chi connectivity index (χ1n) is 8.93. The van der Waals surface area contributed by atoms with E-state index in [9.17, 15) is 9.59 Å². The molecule has 2 aromatic carbocycles. The van der Waals surface area contributed by atoms with Crippen LogP contribution in [-0.2, 0) is 9.59 Å². The van der Waals surface area contributed by atoms with Crippen LogP contribution < -0.4 is 10.2 Å². The first-order chi connectivity index (χ1) is 13.6. The molecule has 3 aromatic rings. The minimum absolute atomic E-state index is 0.0903. The number of carbonyl (C=O) groups is 2. The number of para-hydroxylation sites is 2. The topological polar surface area (TPSA) is 91.0 Å². The van der Waals surface area contributed by atoms with Gasteiger partial charge in [0.15, 0.2) is 5.82 Å². The molecule has 142 valence electrons. The number of hydrogen-bond acceptors (Lipinski definition) is 5. The minimum Gasteiger partial charge on any atom is -0.324 e. The van der Waals surface area contributed by atoms with Gasteiger partial charge in [-0.2, -0.15) is 0 Å². The lowest BCUT2D eigenvalue weighted by molar-refractivity contribution is -0.117. The standard InChI is InChI=1S/C20H19N5O2S/c1-13-11-17(26)21-15-9-5-6-10-16(15)25(13)18(27)12-28-20-22-19(23-24-20)14-7-3-2-4-8-14/h2-10,13H,11-12H2,1H3,(H,21,26)(H,22,23,24)/t13-/m0/s1. The molecule has 0 saturated heterocycles. The van der Waals surface area contributed by atoms with Crippen LogP contribution in [-0.4, -0.2) is 38.8 Å². The zero-order valence-corrected chi connectivity index (χ0v) is 16.1. The fourth-order valence-corrected chi connectivity index (χ4v) is 3.86. The second-order valence-electron chi connectivity index (χ2n) is 6.50. The number of H-pyrrole nitrogens is 1. The highest BCUT2D eigenvalue weighted by Crippen LogP contribution is 2.32. The van der Waals surface area contributed by atoms with E-state index in [1.165, 1.54) is 11.8 Å². The lowest BCUT2D eigenvalue weighted by atomic mass is 10.2. The molecule has 0 bridgehead atoms. The average Bonchev–Trinajstić information content (AvgIpc) is 3.12. The van der Waals surface area contributed by atoms with Crippen molar-refractivity contribution in [2.75, 3.05) is 16.0 Å². The number of hydrogen-bond donors (Lipinski definition) is 2. The Bertz CT molecular complexity index is 1000. The fourth-order valence-electron chi connectivity index (χ4n) is 3.20. The number of rotatable bonds is 4. The van der Waals surface area contributed by atoms with Crippen LogP contribution in [0.1, 0.15) is 13.3 Å². The van der Waals surface area contributed by atoms with Crippen molar-refractivity contribution in [1.29, 1.82) is 0 Å². The Balaban J connectivity index is 1.49. The number of carbonyl (C=O) groups excluding carboxylic acids is 2.